The van der Waals surface area contributed by atoms with Crippen LogP contribution in [0.2, 0.25) is 0 Å². The molecule has 1 N–H and O–H groups in total. The molecule has 3 atom stereocenters. The van der Waals surface area contributed by atoms with Gasteiger partial charge >= 0.3 is 0 Å². The number of nitrogens with zero attached hydrogens (tertiary/aromatic N) is 2. The van der Waals surface area contributed by atoms with Crippen LogP contribution in [0, 0.1) is 18.8 Å². The van der Waals surface area contributed by atoms with Gasteiger partial charge in [0.15, 0.2) is 0 Å². The summed E-state index contributed by atoms with van der Waals surface area (Å²) < 4.78 is 35.1. The van der Waals surface area contributed by atoms with Crippen molar-refractivity contribution in [3.63, 3.8) is 0 Å². The monoisotopic (exact) mass is 500 g/mol. The maximum Gasteiger partial charge on any atom is 0.247 e. The molecule has 0 aromatic heterocycles. The summed E-state index contributed by atoms with van der Waals surface area (Å²) in [5, 5.41) is 9.82. The van der Waals surface area contributed by atoms with Crippen LogP contribution >= 0.6 is 0 Å². The van der Waals surface area contributed by atoms with Crippen molar-refractivity contribution >= 4 is 15.9 Å². The van der Waals surface area contributed by atoms with Gasteiger partial charge in [0.1, 0.15) is 16.7 Å². The fraction of sp³-hybridized carbons (Fsp3) is 0.519. The summed E-state index contributed by atoms with van der Waals surface area (Å²) in [5.41, 5.74) is 2.95. The summed E-state index contributed by atoms with van der Waals surface area (Å²) in [7, 11) is -2.11. The zero-order valence-corrected chi connectivity index (χ0v) is 21.8. The Bertz CT molecular complexity index is 1160. The van der Waals surface area contributed by atoms with Gasteiger partial charge < -0.3 is 14.7 Å². The molecule has 0 spiro atoms. The van der Waals surface area contributed by atoms with Gasteiger partial charge in [0.25, 0.3) is 0 Å². The molecule has 1 aliphatic carbocycles. The number of benzene rings is 2. The first-order valence-corrected chi connectivity index (χ1v) is 13.8. The van der Waals surface area contributed by atoms with E-state index in [1.54, 1.807) is 37.1 Å². The van der Waals surface area contributed by atoms with Crippen molar-refractivity contribution < 1.29 is 23.1 Å². The Labute approximate surface area is 208 Å². The van der Waals surface area contributed by atoms with Crippen LogP contribution in [0.15, 0.2) is 47.4 Å². The molecule has 0 bridgehead atoms. The van der Waals surface area contributed by atoms with Gasteiger partial charge in [0, 0.05) is 31.5 Å². The molecule has 190 valence electrons. The highest BCUT2D eigenvalue weighted by Gasteiger charge is 2.39. The number of hydrogen-bond donors (Lipinski definition) is 1. The quantitative estimate of drug-likeness (QED) is 0.654. The van der Waals surface area contributed by atoms with Gasteiger partial charge in [-0.1, -0.05) is 49.2 Å². The Balaban J connectivity index is 1.74. The Morgan fingerprint density at radius 3 is 2.43 bits per heavy atom. The molecular weight excluding hydrogens is 464 g/mol. The van der Waals surface area contributed by atoms with Crippen molar-refractivity contribution in [1.29, 1.82) is 0 Å². The lowest BCUT2D eigenvalue weighted by Gasteiger charge is -2.38. The average molecular weight is 501 g/mol. The van der Waals surface area contributed by atoms with Crippen LogP contribution in [-0.2, 0) is 14.8 Å². The summed E-state index contributed by atoms with van der Waals surface area (Å²) in [5.74, 6) is 0.275. The third-order valence-corrected chi connectivity index (χ3v) is 9.36. The molecule has 0 saturated heterocycles. The van der Waals surface area contributed by atoms with Crippen LogP contribution in [0.4, 0.5) is 0 Å². The van der Waals surface area contributed by atoms with Gasteiger partial charge in [0.05, 0.1) is 13.2 Å². The molecule has 4 rings (SSSR count). The highest BCUT2D eigenvalue weighted by atomic mass is 32.2. The Morgan fingerprint density at radius 1 is 1.17 bits per heavy atom. The highest BCUT2D eigenvalue weighted by molar-refractivity contribution is 7.89. The van der Waals surface area contributed by atoms with Crippen LogP contribution in [0.5, 0.6) is 5.75 Å². The fourth-order valence-electron chi connectivity index (χ4n) is 4.70. The number of ether oxygens (including phenoxy) is 1. The van der Waals surface area contributed by atoms with E-state index in [-0.39, 0.29) is 41.5 Å². The van der Waals surface area contributed by atoms with Crippen molar-refractivity contribution in [3.05, 3.63) is 48.0 Å². The lowest BCUT2D eigenvalue weighted by molar-refractivity contribution is -0.138. The summed E-state index contributed by atoms with van der Waals surface area (Å²) in [6, 6.07) is 12.6. The van der Waals surface area contributed by atoms with E-state index in [4.69, 9.17) is 4.74 Å². The molecule has 0 radical (unpaired) electrons. The van der Waals surface area contributed by atoms with Gasteiger partial charge in [-0.2, -0.15) is 4.31 Å². The Kier molecular flexibility index (Phi) is 7.54. The van der Waals surface area contributed by atoms with Crippen molar-refractivity contribution in [2.75, 3.05) is 26.7 Å². The van der Waals surface area contributed by atoms with E-state index >= 15 is 0 Å². The molecule has 8 heteroatoms. The standard InChI is InChI=1S/C27H36N2O5S/c1-18-8-10-21(11-9-18)23-12-13-26-24(14-23)34-25(16-28(4)27(31)22-6-5-7-22)19(2)15-29(20(3)17-30)35(26,32)33/h8-14,19-20,22,25,30H,5-7,15-17H2,1-4H3/t19-,20-,25-/m0/s1. The number of carbonyl (C=O) groups is 1. The molecule has 1 saturated carbocycles. The third kappa shape index (κ3) is 5.25. The lowest BCUT2D eigenvalue weighted by atomic mass is 9.84. The molecule has 1 aliphatic heterocycles. The lowest BCUT2D eigenvalue weighted by Crippen LogP contribution is -2.50. The van der Waals surface area contributed by atoms with Crippen LogP contribution in [0.3, 0.4) is 0 Å². The number of aliphatic hydroxyl groups excluding tert-OH is 1. The minimum Gasteiger partial charge on any atom is -0.487 e. The van der Waals surface area contributed by atoms with E-state index in [1.165, 1.54) is 4.31 Å². The van der Waals surface area contributed by atoms with Crippen molar-refractivity contribution in [2.45, 2.75) is 57.1 Å². The van der Waals surface area contributed by atoms with Gasteiger partial charge in [-0.3, -0.25) is 4.79 Å². The van der Waals surface area contributed by atoms with E-state index in [1.807, 2.05) is 38.1 Å². The molecule has 1 heterocycles. The van der Waals surface area contributed by atoms with E-state index < -0.39 is 22.2 Å². The van der Waals surface area contributed by atoms with E-state index in [0.717, 1.165) is 36.0 Å². The first-order chi connectivity index (χ1) is 16.6. The predicted octanol–water partition coefficient (Wildman–Crippen LogP) is 3.69. The van der Waals surface area contributed by atoms with Crippen molar-refractivity contribution in [3.8, 4) is 16.9 Å². The van der Waals surface area contributed by atoms with E-state index in [9.17, 15) is 18.3 Å². The Morgan fingerprint density at radius 2 is 1.83 bits per heavy atom. The summed E-state index contributed by atoms with van der Waals surface area (Å²) in [6.07, 6.45) is 2.53. The number of carbonyl (C=O) groups excluding carboxylic acids is 1. The van der Waals surface area contributed by atoms with Crippen LogP contribution in [0.25, 0.3) is 11.1 Å². The molecule has 7 nitrogen and oxygen atoms in total. The topological polar surface area (TPSA) is 87.2 Å². The summed E-state index contributed by atoms with van der Waals surface area (Å²) >= 11 is 0. The Hall–Kier alpha value is -2.42. The smallest absolute Gasteiger partial charge is 0.247 e. The summed E-state index contributed by atoms with van der Waals surface area (Å²) in [4.78, 5) is 14.6. The molecule has 35 heavy (non-hydrogen) atoms. The maximum absolute atomic E-state index is 13.7. The second-order valence-electron chi connectivity index (χ2n) is 10.1. The second kappa shape index (κ2) is 10.3. The van der Waals surface area contributed by atoms with Crippen molar-refractivity contribution in [2.24, 2.45) is 11.8 Å². The third-order valence-electron chi connectivity index (χ3n) is 7.34. The normalized spacial score (nSPS) is 23.2. The number of sulfonamides is 1. The molecule has 2 aromatic carbocycles. The number of fused-ring (bicyclic) bond motifs is 1. The summed E-state index contributed by atoms with van der Waals surface area (Å²) in [6.45, 7) is 5.94. The second-order valence-corrected chi connectivity index (χ2v) is 12.0. The van der Waals surface area contributed by atoms with Crippen LogP contribution in [0.1, 0.15) is 38.7 Å². The highest BCUT2D eigenvalue weighted by Crippen LogP contribution is 2.37. The number of aliphatic hydroxyl groups is 1. The molecular formula is C27H36N2O5S. The average Bonchev–Trinajstić information content (AvgIpc) is 2.79. The van der Waals surface area contributed by atoms with Gasteiger partial charge in [-0.05, 0) is 49.9 Å². The first kappa shape index (κ1) is 25.7. The van der Waals surface area contributed by atoms with Gasteiger partial charge in [0.2, 0.25) is 15.9 Å². The first-order valence-electron chi connectivity index (χ1n) is 12.4. The van der Waals surface area contributed by atoms with Crippen LogP contribution < -0.4 is 4.74 Å². The molecule has 2 aromatic rings. The molecule has 1 amide bonds. The molecule has 1 fully saturated rings. The number of likely N-dealkylation sites (N-methyl/N-ethyl adjacent to an activating group) is 1. The van der Waals surface area contributed by atoms with Crippen molar-refractivity contribution in [1.82, 2.24) is 9.21 Å². The maximum atomic E-state index is 13.7. The van der Waals surface area contributed by atoms with E-state index in [0.29, 0.717) is 6.54 Å². The van der Waals surface area contributed by atoms with E-state index in [2.05, 4.69) is 0 Å². The largest absolute Gasteiger partial charge is 0.487 e. The number of rotatable bonds is 6. The SMILES string of the molecule is Cc1ccc(-c2ccc3c(c2)O[C@@H](CN(C)C(=O)C2CCC2)[C@@H](C)CN([C@@H](C)CO)S3(=O)=O)cc1. The fourth-order valence-corrected chi connectivity index (χ4v) is 6.52. The van der Waals surface area contributed by atoms with Gasteiger partial charge in [-0.25, -0.2) is 8.42 Å². The zero-order chi connectivity index (χ0) is 25.3. The van der Waals surface area contributed by atoms with Gasteiger partial charge in [-0.15, -0.1) is 0 Å². The van der Waals surface area contributed by atoms with Crippen LogP contribution in [-0.4, -0.2) is 67.5 Å². The minimum absolute atomic E-state index is 0.0792. The minimum atomic E-state index is -3.90. The zero-order valence-electron chi connectivity index (χ0n) is 21.0. The number of amides is 1. The predicted molar refractivity (Wildman–Crippen MR) is 136 cm³/mol. The molecule has 2 aliphatic rings. The number of aryl methyl sites for hydroxylation is 1. The molecule has 0 unspecified atom stereocenters. The number of hydrogen-bond acceptors (Lipinski definition) is 5.